The van der Waals surface area contributed by atoms with E-state index < -0.39 is 10.0 Å². The smallest absolute Gasteiger partial charge is 0.252 e. The fourth-order valence-electron chi connectivity index (χ4n) is 3.70. The number of amides is 1. The Kier molecular flexibility index (Phi) is 5.98. The van der Waals surface area contributed by atoms with Gasteiger partial charge in [-0.2, -0.15) is 0 Å². The van der Waals surface area contributed by atoms with Crippen molar-refractivity contribution in [1.82, 2.24) is 5.32 Å². The second kappa shape index (κ2) is 7.97. The van der Waals surface area contributed by atoms with Crippen molar-refractivity contribution in [2.75, 3.05) is 6.54 Å². The normalized spacial score (nSPS) is 17.2. The number of primary sulfonamides is 1. The number of thiophene rings is 1. The van der Waals surface area contributed by atoms with Crippen LogP contribution in [0.5, 0.6) is 0 Å². The topological polar surface area (TPSA) is 89.3 Å². The van der Waals surface area contributed by atoms with Gasteiger partial charge in [-0.3, -0.25) is 4.79 Å². The molecule has 0 aliphatic heterocycles. The Bertz CT molecular complexity index is 955. The molecule has 1 aliphatic rings. The lowest BCUT2D eigenvalue weighted by atomic mass is 9.72. The van der Waals surface area contributed by atoms with Gasteiger partial charge in [0.25, 0.3) is 5.91 Å². The summed E-state index contributed by atoms with van der Waals surface area (Å²) in [6.07, 6.45) is 3.80. The first-order valence-electron chi connectivity index (χ1n) is 9.55. The van der Waals surface area contributed by atoms with Crippen molar-refractivity contribution in [3.8, 4) is 0 Å². The van der Waals surface area contributed by atoms with E-state index >= 15 is 0 Å². The second-order valence-electron chi connectivity index (χ2n) is 8.55. The predicted octanol–water partition coefficient (Wildman–Crippen LogP) is 3.52. The summed E-state index contributed by atoms with van der Waals surface area (Å²) in [5.74, 6) is 0.641. The summed E-state index contributed by atoms with van der Waals surface area (Å²) in [5.41, 5.74) is 3.29. The average molecular weight is 421 g/mol. The van der Waals surface area contributed by atoms with Gasteiger partial charge in [0.1, 0.15) is 0 Å². The Morgan fingerprint density at radius 2 is 1.93 bits per heavy atom. The van der Waals surface area contributed by atoms with Gasteiger partial charge in [-0.05, 0) is 60.3 Å². The molecule has 5 nitrogen and oxygen atoms in total. The number of rotatable bonds is 5. The van der Waals surface area contributed by atoms with Crippen LogP contribution >= 0.6 is 11.3 Å². The molecular formula is C21H28N2O3S2. The van der Waals surface area contributed by atoms with Crippen LogP contribution in [-0.4, -0.2) is 20.9 Å². The molecule has 3 rings (SSSR count). The average Bonchev–Trinajstić information content (AvgIpc) is 3.04. The monoisotopic (exact) mass is 420 g/mol. The zero-order chi connectivity index (χ0) is 20.5. The zero-order valence-corrected chi connectivity index (χ0v) is 18.3. The number of nitrogens with one attached hydrogen (secondary N) is 1. The number of nitrogens with two attached hydrogens (primary N) is 1. The summed E-state index contributed by atoms with van der Waals surface area (Å²) in [5, 5.41) is 10.1. The van der Waals surface area contributed by atoms with Gasteiger partial charge < -0.3 is 5.32 Å². The highest BCUT2D eigenvalue weighted by molar-refractivity contribution is 7.89. The molecule has 1 aromatic carbocycles. The van der Waals surface area contributed by atoms with E-state index in [1.54, 1.807) is 23.5 Å². The lowest BCUT2D eigenvalue weighted by molar-refractivity contribution is 0.0953. The predicted molar refractivity (Wildman–Crippen MR) is 113 cm³/mol. The summed E-state index contributed by atoms with van der Waals surface area (Å²) in [4.78, 5) is 14.1. The van der Waals surface area contributed by atoms with Crippen LogP contribution in [0.1, 0.15) is 53.6 Å². The molecule has 1 unspecified atom stereocenters. The molecule has 0 saturated carbocycles. The van der Waals surface area contributed by atoms with Crippen LogP contribution < -0.4 is 10.5 Å². The van der Waals surface area contributed by atoms with Crippen molar-refractivity contribution >= 4 is 27.3 Å². The molecule has 0 saturated heterocycles. The van der Waals surface area contributed by atoms with Gasteiger partial charge in [0, 0.05) is 16.8 Å². The summed E-state index contributed by atoms with van der Waals surface area (Å²) < 4.78 is 22.6. The molecule has 1 heterocycles. The van der Waals surface area contributed by atoms with Crippen LogP contribution in [0, 0.1) is 11.3 Å². The van der Waals surface area contributed by atoms with Crippen LogP contribution in [0.2, 0.25) is 0 Å². The number of benzene rings is 1. The molecule has 152 valence electrons. The molecule has 0 fully saturated rings. The molecule has 1 atom stereocenters. The van der Waals surface area contributed by atoms with E-state index in [2.05, 4.69) is 26.1 Å². The maximum Gasteiger partial charge on any atom is 0.252 e. The number of sulfonamides is 1. The fourth-order valence-corrected chi connectivity index (χ4v) is 5.38. The van der Waals surface area contributed by atoms with E-state index in [1.807, 2.05) is 5.38 Å². The minimum atomic E-state index is -3.67. The van der Waals surface area contributed by atoms with Crippen LogP contribution in [0.15, 0.2) is 34.5 Å². The molecule has 1 aliphatic carbocycles. The van der Waals surface area contributed by atoms with Crippen molar-refractivity contribution in [2.24, 2.45) is 16.5 Å². The van der Waals surface area contributed by atoms with Crippen molar-refractivity contribution < 1.29 is 13.2 Å². The minimum Gasteiger partial charge on any atom is -0.352 e. The van der Waals surface area contributed by atoms with E-state index in [1.165, 1.54) is 22.6 Å². The number of hydrogen-bond acceptors (Lipinski definition) is 4. The van der Waals surface area contributed by atoms with Gasteiger partial charge in [0.05, 0.1) is 10.5 Å². The number of fused-ring (bicyclic) bond motifs is 1. The summed E-state index contributed by atoms with van der Waals surface area (Å²) in [7, 11) is -3.67. The van der Waals surface area contributed by atoms with Crippen molar-refractivity contribution in [1.29, 1.82) is 0 Å². The highest BCUT2D eigenvalue weighted by Crippen LogP contribution is 2.40. The molecule has 1 aromatic heterocycles. The highest BCUT2D eigenvalue weighted by Gasteiger charge is 2.31. The van der Waals surface area contributed by atoms with Gasteiger partial charge in [0.15, 0.2) is 0 Å². The Balaban J connectivity index is 1.57. The third kappa shape index (κ3) is 4.82. The summed E-state index contributed by atoms with van der Waals surface area (Å²) >= 11 is 1.70. The van der Waals surface area contributed by atoms with Gasteiger partial charge >= 0.3 is 0 Å². The lowest BCUT2D eigenvalue weighted by Crippen LogP contribution is -2.29. The van der Waals surface area contributed by atoms with Gasteiger partial charge in [-0.1, -0.05) is 32.9 Å². The standard InChI is InChI=1S/C21H28N2O3S2/c1-21(2,3)15-6-9-17-18(13-27-19(17)12-15)20(24)23-11-10-14-4-7-16(8-5-14)28(22,25)26/h4-5,7-8,13,15H,6,9-12H2,1-3H3,(H,23,24)(H2,22,25,26). The van der Waals surface area contributed by atoms with Crippen molar-refractivity contribution in [2.45, 2.75) is 51.3 Å². The first kappa shape index (κ1) is 21.0. The Labute approximate surface area is 171 Å². The van der Waals surface area contributed by atoms with Crippen molar-refractivity contribution in [3.63, 3.8) is 0 Å². The molecular weight excluding hydrogens is 392 g/mol. The fraction of sp³-hybridized carbons (Fsp3) is 0.476. The second-order valence-corrected chi connectivity index (χ2v) is 11.1. The SMILES string of the molecule is CC(C)(C)C1CCc2c(C(=O)NCCc3ccc(S(N)(=O)=O)cc3)csc2C1. The first-order chi connectivity index (χ1) is 13.1. The van der Waals surface area contributed by atoms with Gasteiger partial charge in [-0.15, -0.1) is 11.3 Å². The lowest BCUT2D eigenvalue weighted by Gasteiger charge is -2.34. The molecule has 28 heavy (non-hydrogen) atoms. The van der Waals surface area contributed by atoms with E-state index in [-0.39, 0.29) is 10.8 Å². The van der Waals surface area contributed by atoms with E-state index in [0.717, 1.165) is 30.4 Å². The van der Waals surface area contributed by atoms with Gasteiger partial charge in [0.2, 0.25) is 10.0 Å². The molecule has 1 amide bonds. The van der Waals surface area contributed by atoms with Crippen LogP contribution in [-0.2, 0) is 29.3 Å². The Morgan fingerprint density at radius 3 is 2.54 bits per heavy atom. The molecule has 0 bridgehead atoms. The summed E-state index contributed by atoms with van der Waals surface area (Å²) in [6.45, 7) is 7.38. The van der Waals surface area contributed by atoms with Crippen LogP contribution in [0.4, 0.5) is 0 Å². The Hall–Kier alpha value is -1.70. The first-order valence-corrected chi connectivity index (χ1v) is 12.0. The quantitative estimate of drug-likeness (QED) is 0.775. The molecule has 0 spiro atoms. The third-order valence-corrected chi connectivity index (χ3v) is 7.56. The maximum absolute atomic E-state index is 12.6. The minimum absolute atomic E-state index is 0.0205. The summed E-state index contributed by atoms with van der Waals surface area (Å²) in [6, 6.07) is 6.44. The third-order valence-electron chi connectivity index (χ3n) is 5.58. The highest BCUT2D eigenvalue weighted by atomic mass is 32.2. The van der Waals surface area contributed by atoms with Crippen LogP contribution in [0.25, 0.3) is 0 Å². The molecule has 7 heteroatoms. The largest absolute Gasteiger partial charge is 0.352 e. The zero-order valence-electron chi connectivity index (χ0n) is 16.6. The maximum atomic E-state index is 12.6. The Morgan fingerprint density at radius 1 is 1.25 bits per heavy atom. The van der Waals surface area contributed by atoms with E-state index in [9.17, 15) is 13.2 Å². The number of carbonyl (C=O) groups is 1. The number of hydrogen-bond donors (Lipinski definition) is 2. The van der Waals surface area contributed by atoms with E-state index in [4.69, 9.17) is 5.14 Å². The van der Waals surface area contributed by atoms with Crippen molar-refractivity contribution in [3.05, 3.63) is 51.2 Å². The van der Waals surface area contributed by atoms with Crippen LogP contribution in [0.3, 0.4) is 0 Å². The molecule has 0 radical (unpaired) electrons. The molecule has 3 N–H and O–H groups in total. The van der Waals surface area contributed by atoms with E-state index in [0.29, 0.717) is 24.3 Å². The number of carbonyl (C=O) groups excluding carboxylic acids is 1. The van der Waals surface area contributed by atoms with Gasteiger partial charge in [-0.25, -0.2) is 13.6 Å². The molecule has 2 aromatic rings.